The largest absolute Gasteiger partial charge is 0.385 e. The van der Waals surface area contributed by atoms with Crippen molar-refractivity contribution in [1.82, 2.24) is 0 Å². The zero-order valence-corrected chi connectivity index (χ0v) is 12.3. The molecular formula is C18H24O2. The van der Waals surface area contributed by atoms with Gasteiger partial charge in [0.2, 0.25) is 0 Å². The molecule has 108 valence electrons. The molecule has 0 radical (unpaired) electrons. The number of carbonyl (C=O) groups is 1. The van der Waals surface area contributed by atoms with Crippen LogP contribution in [-0.4, -0.2) is 16.5 Å². The minimum absolute atomic E-state index is 0.214. The van der Waals surface area contributed by atoms with Crippen molar-refractivity contribution in [3.63, 3.8) is 0 Å². The third kappa shape index (κ3) is 1.57. The van der Waals surface area contributed by atoms with E-state index in [1.165, 1.54) is 12.8 Å². The molecule has 4 aliphatic carbocycles. The molecule has 4 aliphatic rings. The highest BCUT2D eigenvalue weighted by molar-refractivity contribution is 5.92. The Balaban J connectivity index is 1.70. The Hall–Kier alpha value is -0.890. The molecule has 1 N–H and O–H groups in total. The van der Waals surface area contributed by atoms with E-state index >= 15 is 0 Å². The number of hydrogen-bond acceptors (Lipinski definition) is 2. The number of carbonyl (C=O) groups excluding carboxylic acids is 1. The lowest BCUT2D eigenvalue weighted by atomic mass is 9.51. The summed E-state index contributed by atoms with van der Waals surface area (Å²) in [7, 11) is 0. The van der Waals surface area contributed by atoms with Crippen LogP contribution in [0.4, 0.5) is 0 Å². The fourth-order valence-electron chi connectivity index (χ4n) is 5.67. The molecule has 0 aromatic rings. The first-order valence-corrected chi connectivity index (χ1v) is 8.17. The van der Waals surface area contributed by atoms with Crippen LogP contribution in [0.5, 0.6) is 0 Å². The highest BCUT2D eigenvalue weighted by Gasteiger charge is 2.56. The second-order valence-electron chi connectivity index (χ2n) is 7.66. The fourth-order valence-corrected chi connectivity index (χ4v) is 5.67. The molecule has 0 aliphatic heterocycles. The predicted octanol–water partition coefficient (Wildman–Crippen LogP) is 3.41. The number of ketones is 1. The van der Waals surface area contributed by atoms with Crippen molar-refractivity contribution in [3.05, 3.63) is 23.8 Å². The van der Waals surface area contributed by atoms with Gasteiger partial charge in [-0.25, -0.2) is 0 Å². The topological polar surface area (TPSA) is 37.3 Å². The van der Waals surface area contributed by atoms with E-state index in [9.17, 15) is 9.90 Å². The van der Waals surface area contributed by atoms with E-state index in [0.29, 0.717) is 36.0 Å². The van der Waals surface area contributed by atoms with Crippen LogP contribution in [0.1, 0.15) is 51.9 Å². The standard InChI is InChI=1S/C18H24O2/c1-17-8-2-3-15(17)14-5-4-12-11-13(19)6-10-18(12,20)16(14)7-9-17/h2,8,11,14-16,20H,3-7,9-10H2,1H3/t14?,15?,16?,17-,18+/m0/s1. The van der Waals surface area contributed by atoms with Crippen LogP contribution in [0.25, 0.3) is 0 Å². The first-order valence-electron chi connectivity index (χ1n) is 8.17. The van der Waals surface area contributed by atoms with E-state index in [0.717, 1.165) is 24.8 Å². The maximum absolute atomic E-state index is 11.7. The molecule has 2 nitrogen and oxygen atoms in total. The summed E-state index contributed by atoms with van der Waals surface area (Å²) in [5.41, 5.74) is 0.744. The summed E-state index contributed by atoms with van der Waals surface area (Å²) in [6.07, 6.45) is 13.3. The number of hydrogen-bond donors (Lipinski definition) is 1. The van der Waals surface area contributed by atoms with Crippen LogP contribution < -0.4 is 0 Å². The smallest absolute Gasteiger partial charge is 0.155 e. The van der Waals surface area contributed by atoms with Gasteiger partial charge in [0.25, 0.3) is 0 Å². The van der Waals surface area contributed by atoms with Gasteiger partial charge in [0, 0.05) is 6.42 Å². The van der Waals surface area contributed by atoms with Crippen molar-refractivity contribution in [3.8, 4) is 0 Å². The van der Waals surface area contributed by atoms with Gasteiger partial charge in [-0.3, -0.25) is 4.79 Å². The maximum atomic E-state index is 11.7. The Labute approximate surface area is 120 Å². The Kier molecular flexibility index (Phi) is 2.61. The molecule has 0 saturated heterocycles. The minimum Gasteiger partial charge on any atom is -0.385 e. The summed E-state index contributed by atoms with van der Waals surface area (Å²) >= 11 is 0. The van der Waals surface area contributed by atoms with Crippen molar-refractivity contribution in [2.24, 2.45) is 23.2 Å². The Bertz CT molecular complexity index is 518. The summed E-state index contributed by atoms with van der Waals surface area (Å²) in [5.74, 6) is 1.95. The molecule has 0 amide bonds. The van der Waals surface area contributed by atoms with Crippen LogP contribution in [0.15, 0.2) is 23.8 Å². The summed E-state index contributed by atoms with van der Waals surface area (Å²) in [6.45, 7) is 2.40. The molecule has 0 spiro atoms. The van der Waals surface area contributed by atoms with Gasteiger partial charge in [0.1, 0.15) is 0 Å². The van der Waals surface area contributed by atoms with Gasteiger partial charge in [-0.05, 0) is 73.3 Å². The Morgan fingerprint density at radius 3 is 2.90 bits per heavy atom. The van der Waals surface area contributed by atoms with Gasteiger partial charge >= 0.3 is 0 Å². The second-order valence-corrected chi connectivity index (χ2v) is 7.66. The van der Waals surface area contributed by atoms with Crippen molar-refractivity contribution >= 4 is 5.78 Å². The Morgan fingerprint density at radius 1 is 1.20 bits per heavy atom. The lowest BCUT2D eigenvalue weighted by Crippen LogP contribution is -2.54. The third-order valence-corrected chi connectivity index (χ3v) is 6.77. The van der Waals surface area contributed by atoms with Crippen LogP contribution in [0, 0.1) is 23.2 Å². The zero-order chi connectivity index (χ0) is 14.0. The molecule has 3 unspecified atom stereocenters. The highest BCUT2D eigenvalue weighted by Crippen LogP contribution is 2.60. The molecule has 20 heavy (non-hydrogen) atoms. The first kappa shape index (κ1) is 12.8. The quantitative estimate of drug-likeness (QED) is 0.686. The SMILES string of the molecule is C[C@@]12C=CCC1C1CCC3=CC(=O)CC[C@]3(O)C1CC2. The van der Waals surface area contributed by atoms with Crippen molar-refractivity contribution in [1.29, 1.82) is 0 Å². The van der Waals surface area contributed by atoms with Crippen LogP contribution in [0.3, 0.4) is 0 Å². The number of rotatable bonds is 0. The van der Waals surface area contributed by atoms with Crippen molar-refractivity contribution in [2.45, 2.75) is 57.5 Å². The summed E-state index contributed by atoms with van der Waals surface area (Å²) in [5, 5.41) is 11.3. The first-order chi connectivity index (χ1) is 9.53. The van der Waals surface area contributed by atoms with Crippen LogP contribution in [-0.2, 0) is 4.79 Å². The lowest BCUT2D eigenvalue weighted by molar-refractivity contribution is -0.123. The summed E-state index contributed by atoms with van der Waals surface area (Å²) < 4.78 is 0. The Morgan fingerprint density at radius 2 is 2.05 bits per heavy atom. The van der Waals surface area contributed by atoms with E-state index in [2.05, 4.69) is 19.1 Å². The summed E-state index contributed by atoms with van der Waals surface area (Å²) in [4.78, 5) is 11.7. The fraction of sp³-hybridized carbons (Fsp3) is 0.722. The maximum Gasteiger partial charge on any atom is 0.155 e. The lowest BCUT2D eigenvalue weighted by Gasteiger charge is -2.56. The van der Waals surface area contributed by atoms with Gasteiger partial charge < -0.3 is 5.11 Å². The summed E-state index contributed by atoms with van der Waals surface area (Å²) in [6, 6.07) is 0. The number of allylic oxidation sites excluding steroid dienone is 3. The van der Waals surface area contributed by atoms with E-state index < -0.39 is 5.60 Å². The predicted molar refractivity (Wildman–Crippen MR) is 78.1 cm³/mol. The third-order valence-electron chi connectivity index (χ3n) is 6.77. The van der Waals surface area contributed by atoms with E-state index in [1.54, 1.807) is 6.08 Å². The molecule has 4 rings (SSSR count). The highest BCUT2D eigenvalue weighted by atomic mass is 16.3. The van der Waals surface area contributed by atoms with E-state index in [4.69, 9.17) is 0 Å². The monoisotopic (exact) mass is 272 g/mol. The van der Waals surface area contributed by atoms with Crippen LogP contribution >= 0.6 is 0 Å². The van der Waals surface area contributed by atoms with Gasteiger partial charge in [0.15, 0.2) is 5.78 Å². The van der Waals surface area contributed by atoms with Gasteiger partial charge in [-0.2, -0.15) is 0 Å². The minimum atomic E-state index is -0.666. The molecule has 0 bridgehead atoms. The number of fused-ring (bicyclic) bond motifs is 5. The average molecular weight is 272 g/mol. The van der Waals surface area contributed by atoms with Gasteiger partial charge in [-0.1, -0.05) is 19.1 Å². The molecule has 5 atom stereocenters. The van der Waals surface area contributed by atoms with E-state index in [1.807, 2.05) is 0 Å². The average Bonchev–Trinajstić information content (AvgIpc) is 2.81. The molecule has 2 fully saturated rings. The van der Waals surface area contributed by atoms with E-state index in [-0.39, 0.29) is 5.78 Å². The van der Waals surface area contributed by atoms with Crippen LogP contribution in [0.2, 0.25) is 0 Å². The molecule has 2 heteroatoms. The zero-order valence-electron chi connectivity index (χ0n) is 12.3. The molecule has 2 saturated carbocycles. The molecule has 0 aromatic heterocycles. The number of aliphatic hydroxyl groups is 1. The molecular weight excluding hydrogens is 248 g/mol. The van der Waals surface area contributed by atoms with Gasteiger partial charge in [0.05, 0.1) is 5.60 Å². The van der Waals surface area contributed by atoms with Crippen molar-refractivity contribution in [2.75, 3.05) is 0 Å². The van der Waals surface area contributed by atoms with Crippen molar-refractivity contribution < 1.29 is 9.90 Å². The molecule has 0 heterocycles. The second kappa shape index (κ2) is 4.07. The normalized spacial score (nSPS) is 50.2. The van der Waals surface area contributed by atoms with Gasteiger partial charge in [-0.15, -0.1) is 0 Å². The molecule has 0 aromatic carbocycles.